The third-order valence-corrected chi connectivity index (χ3v) is 1.74. The van der Waals surface area contributed by atoms with E-state index in [1.807, 2.05) is 6.92 Å². The Balaban J connectivity index is 2.41. The first-order valence-electron chi connectivity index (χ1n) is 3.94. The average Bonchev–Trinajstić information content (AvgIpc) is 2.61. The Bertz CT molecular complexity index is 286. The summed E-state index contributed by atoms with van der Waals surface area (Å²) in [5.74, 6) is 6.53. The molecule has 4 N–H and O–H groups in total. The first-order chi connectivity index (χ1) is 6.26. The van der Waals surface area contributed by atoms with Gasteiger partial charge in [-0.3, -0.25) is 0 Å². The number of hydrogen-bond acceptors (Lipinski definition) is 4. The molecule has 0 aliphatic rings. The molecule has 0 aliphatic carbocycles. The van der Waals surface area contributed by atoms with Crippen LogP contribution in [0.2, 0.25) is 0 Å². The summed E-state index contributed by atoms with van der Waals surface area (Å²) < 4.78 is 5.33. The van der Waals surface area contributed by atoms with Crippen LogP contribution in [0.25, 0.3) is 0 Å². The van der Waals surface area contributed by atoms with E-state index < -0.39 is 0 Å². The Morgan fingerprint density at radius 3 is 3.08 bits per heavy atom. The Morgan fingerprint density at radius 2 is 2.54 bits per heavy atom. The van der Waals surface area contributed by atoms with Gasteiger partial charge < -0.3 is 15.2 Å². The number of nitrogens with zero attached hydrogens (tertiary/aromatic N) is 1. The molecule has 0 aromatic carbocycles. The largest absolute Gasteiger partial charge is 0.444 e. The Morgan fingerprint density at radius 1 is 1.77 bits per heavy atom. The number of hydrazine groups is 1. The van der Waals surface area contributed by atoms with Gasteiger partial charge in [0.1, 0.15) is 5.76 Å². The highest BCUT2D eigenvalue weighted by molar-refractivity contribution is 7.80. The van der Waals surface area contributed by atoms with Crippen molar-refractivity contribution in [3.63, 3.8) is 0 Å². The second-order valence-corrected chi connectivity index (χ2v) is 2.81. The van der Waals surface area contributed by atoms with E-state index in [0.29, 0.717) is 17.5 Å². The molecule has 1 rings (SSSR count). The van der Waals surface area contributed by atoms with Gasteiger partial charge >= 0.3 is 0 Å². The van der Waals surface area contributed by atoms with Crippen molar-refractivity contribution in [1.29, 1.82) is 0 Å². The number of rotatable bonds is 3. The summed E-state index contributed by atoms with van der Waals surface area (Å²) in [6.45, 7) is 2.45. The smallest absolute Gasteiger partial charge is 0.213 e. The van der Waals surface area contributed by atoms with E-state index >= 15 is 0 Å². The zero-order valence-corrected chi connectivity index (χ0v) is 8.15. The number of aryl methyl sites for hydroxylation is 1. The number of nitrogens with one attached hydrogen (secondary N) is 2. The van der Waals surface area contributed by atoms with Crippen molar-refractivity contribution in [1.82, 2.24) is 15.7 Å². The van der Waals surface area contributed by atoms with Crippen molar-refractivity contribution in [2.24, 2.45) is 5.84 Å². The molecule has 0 spiro atoms. The molecule has 1 heterocycles. The SMILES string of the molecule is CCc1cnc(CNC(=S)NN)o1. The van der Waals surface area contributed by atoms with Crippen molar-refractivity contribution >= 4 is 17.3 Å². The highest BCUT2D eigenvalue weighted by atomic mass is 32.1. The lowest BCUT2D eigenvalue weighted by Crippen LogP contribution is -2.39. The highest BCUT2D eigenvalue weighted by Gasteiger charge is 2.01. The minimum Gasteiger partial charge on any atom is -0.444 e. The monoisotopic (exact) mass is 200 g/mol. The molecule has 0 aliphatic heterocycles. The van der Waals surface area contributed by atoms with E-state index in [1.165, 1.54) is 0 Å². The minimum absolute atomic E-state index is 0.372. The topological polar surface area (TPSA) is 76.1 Å². The van der Waals surface area contributed by atoms with Crippen LogP contribution in [0.1, 0.15) is 18.6 Å². The fourth-order valence-corrected chi connectivity index (χ4v) is 0.872. The van der Waals surface area contributed by atoms with E-state index in [4.69, 9.17) is 22.5 Å². The van der Waals surface area contributed by atoms with Gasteiger partial charge in [-0.1, -0.05) is 6.92 Å². The fourth-order valence-electron chi connectivity index (χ4n) is 0.800. The van der Waals surface area contributed by atoms with E-state index in [1.54, 1.807) is 6.20 Å². The van der Waals surface area contributed by atoms with E-state index in [-0.39, 0.29) is 0 Å². The van der Waals surface area contributed by atoms with Crippen molar-refractivity contribution in [2.45, 2.75) is 19.9 Å². The van der Waals surface area contributed by atoms with Crippen LogP contribution in [0.5, 0.6) is 0 Å². The van der Waals surface area contributed by atoms with Crippen LogP contribution in [0.15, 0.2) is 10.6 Å². The summed E-state index contributed by atoms with van der Waals surface area (Å²) in [5, 5.41) is 3.20. The average molecular weight is 200 g/mol. The third kappa shape index (κ3) is 3.00. The van der Waals surface area contributed by atoms with E-state index in [9.17, 15) is 0 Å². The van der Waals surface area contributed by atoms with Gasteiger partial charge in [0, 0.05) is 6.42 Å². The molecule has 0 fully saturated rings. The molecule has 0 saturated carbocycles. The van der Waals surface area contributed by atoms with Gasteiger partial charge in [-0.05, 0) is 12.2 Å². The molecule has 1 aromatic heterocycles. The predicted molar refractivity (Wildman–Crippen MR) is 52.6 cm³/mol. The Kier molecular flexibility index (Phi) is 3.66. The van der Waals surface area contributed by atoms with Crippen LogP contribution < -0.4 is 16.6 Å². The van der Waals surface area contributed by atoms with E-state index in [2.05, 4.69) is 15.7 Å². The van der Waals surface area contributed by atoms with Crippen molar-refractivity contribution in [3.8, 4) is 0 Å². The second-order valence-electron chi connectivity index (χ2n) is 2.40. The Hall–Kier alpha value is -1.14. The van der Waals surface area contributed by atoms with Gasteiger partial charge in [0.25, 0.3) is 0 Å². The second kappa shape index (κ2) is 4.78. The van der Waals surface area contributed by atoms with Gasteiger partial charge in [0.2, 0.25) is 5.89 Å². The van der Waals surface area contributed by atoms with Gasteiger partial charge in [-0.25, -0.2) is 10.8 Å². The molecular formula is C7H12N4OS. The molecule has 0 unspecified atom stereocenters. The summed E-state index contributed by atoms with van der Waals surface area (Å²) in [6, 6.07) is 0. The maximum absolute atomic E-state index is 5.33. The molecular weight excluding hydrogens is 188 g/mol. The summed E-state index contributed by atoms with van der Waals surface area (Å²) in [5.41, 5.74) is 2.31. The molecule has 0 saturated heterocycles. The summed E-state index contributed by atoms with van der Waals surface area (Å²) in [6.07, 6.45) is 2.54. The van der Waals surface area contributed by atoms with Crippen molar-refractivity contribution in [3.05, 3.63) is 17.8 Å². The standard InChI is InChI=1S/C7H12N4OS/c1-2-5-3-9-6(12-5)4-10-7(13)11-8/h3H,2,4,8H2,1H3,(H2,10,11,13). The Labute approximate surface area is 81.7 Å². The number of hydrogen-bond donors (Lipinski definition) is 3. The highest BCUT2D eigenvalue weighted by Crippen LogP contribution is 2.03. The quantitative estimate of drug-likeness (QED) is 0.364. The maximum atomic E-state index is 5.33. The zero-order valence-electron chi connectivity index (χ0n) is 7.33. The zero-order chi connectivity index (χ0) is 9.68. The van der Waals surface area contributed by atoms with Crippen LogP contribution >= 0.6 is 12.2 Å². The number of nitrogens with two attached hydrogens (primary N) is 1. The van der Waals surface area contributed by atoms with Crippen molar-refractivity contribution in [2.75, 3.05) is 0 Å². The lowest BCUT2D eigenvalue weighted by atomic mass is 10.4. The molecule has 6 heteroatoms. The van der Waals surface area contributed by atoms with Gasteiger partial charge in [-0.2, -0.15) is 0 Å². The number of oxazole rings is 1. The van der Waals surface area contributed by atoms with Gasteiger partial charge in [0.15, 0.2) is 5.11 Å². The van der Waals surface area contributed by atoms with Gasteiger partial charge in [-0.15, -0.1) is 0 Å². The van der Waals surface area contributed by atoms with E-state index in [0.717, 1.165) is 12.2 Å². The molecule has 0 radical (unpaired) electrons. The lowest BCUT2D eigenvalue weighted by molar-refractivity contribution is 0.453. The third-order valence-electron chi connectivity index (χ3n) is 1.48. The van der Waals surface area contributed by atoms with Crippen LogP contribution in [0, 0.1) is 0 Å². The lowest BCUT2D eigenvalue weighted by Gasteiger charge is -2.02. The summed E-state index contributed by atoms with van der Waals surface area (Å²) >= 11 is 4.77. The van der Waals surface area contributed by atoms with Crippen molar-refractivity contribution < 1.29 is 4.42 Å². The number of aromatic nitrogens is 1. The summed E-state index contributed by atoms with van der Waals surface area (Å²) in [4.78, 5) is 4.04. The normalized spacial score (nSPS) is 9.69. The fraction of sp³-hybridized carbons (Fsp3) is 0.429. The van der Waals surface area contributed by atoms with Gasteiger partial charge in [0.05, 0.1) is 12.7 Å². The molecule has 72 valence electrons. The summed E-state index contributed by atoms with van der Waals surface area (Å²) in [7, 11) is 0. The molecule has 13 heavy (non-hydrogen) atoms. The molecule has 0 bridgehead atoms. The molecule has 0 atom stereocenters. The van der Waals surface area contributed by atoms with Crippen LogP contribution in [-0.4, -0.2) is 10.1 Å². The van der Waals surface area contributed by atoms with Crippen LogP contribution in [0.4, 0.5) is 0 Å². The first kappa shape index (κ1) is 9.94. The minimum atomic E-state index is 0.372. The first-order valence-corrected chi connectivity index (χ1v) is 4.35. The number of thiocarbonyl (C=S) groups is 1. The van der Waals surface area contributed by atoms with Crippen LogP contribution in [0.3, 0.4) is 0 Å². The molecule has 5 nitrogen and oxygen atoms in total. The van der Waals surface area contributed by atoms with Crippen LogP contribution in [-0.2, 0) is 13.0 Å². The molecule has 1 aromatic rings. The predicted octanol–water partition coefficient (Wildman–Crippen LogP) is 0.0748. The maximum Gasteiger partial charge on any atom is 0.213 e. The molecule has 0 amide bonds.